The highest BCUT2D eigenvalue weighted by atomic mass is 16.5. The molecule has 2 nitrogen and oxygen atoms in total. The molecule has 1 atom stereocenters. The van der Waals surface area contributed by atoms with Gasteiger partial charge in [-0.2, -0.15) is 0 Å². The molecule has 1 aromatic rings. The molecule has 0 fully saturated rings. The summed E-state index contributed by atoms with van der Waals surface area (Å²) in [5.41, 5.74) is 1.09. The van der Waals surface area contributed by atoms with Crippen molar-refractivity contribution >= 4 is 5.78 Å². The second-order valence-corrected chi connectivity index (χ2v) is 3.55. The van der Waals surface area contributed by atoms with Crippen molar-refractivity contribution in [2.24, 2.45) is 0 Å². The molecule has 1 rings (SSSR count). The van der Waals surface area contributed by atoms with Crippen molar-refractivity contribution in [1.82, 2.24) is 0 Å². The fourth-order valence-corrected chi connectivity index (χ4v) is 1.73. The molecule has 0 amide bonds. The first-order chi connectivity index (χ1) is 7.22. The third-order valence-corrected chi connectivity index (χ3v) is 2.66. The van der Waals surface area contributed by atoms with Gasteiger partial charge in [-0.05, 0) is 24.1 Å². The van der Waals surface area contributed by atoms with Crippen LogP contribution >= 0.6 is 0 Å². The number of benzene rings is 1. The highest BCUT2D eigenvalue weighted by Crippen LogP contribution is 2.23. The molecule has 0 bridgehead atoms. The normalized spacial score (nSPS) is 12.2. The van der Waals surface area contributed by atoms with E-state index in [1.165, 1.54) is 0 Å². The van der Waals surface area contributed by atoms with E-state index in [4.69, 9.17) is 4.74 Å². The third-order valence-electron chi connectivity index (χ3n) is 2.66. The average molecular weight is 206 g/mol. The Bertz CT molecular complexity index is 314. The summed E-state index contributed by atoms with van der Waals surface area (Å²) in [4.78, 5) is 11.7. The first-order valence-electron chi connectivity index (χ1n) is 5.39. The third kappa shape index (κ3) is 2.82. The molecule has 2 heteroatoms. The van der Waals surface area contributed by atoms with Gasteiger partial charge in [-0.1, -0.05) is 26.0 Å². The fraction of sp³-hybridized carbons (Fsp3) is 0.462. The molecular formula is C13H18O2. The molecule has 0 aliphatic rings. The van der Waals surface area contributed by atoms with Crippen molar-refractivity contribution in [3.63, 3.8) is 0 Å². The van der Waals surface area contributed by atoms with E-state index in [0.717, 1.165) is 17.7 Å². The maximum Gasteiger partial charge on any atom is 0.140 e. The summed E-state index contributed by atoms with van der Waals surface area (Å²) < 4.78 is 5.08. The Morgan fingerprint density at radius 3 is 2.27 bits per heavy atom. The Balaban J connectivity index is 2.87. The van der Waals surface area contributed by atoms with Gasteiger partial charge in [0.15, 0.2) is 0 Å². The van der Waals surface area contributed by atoms with Crippen LogP contribution in [0.3, 0.4) is 0 Å². The number of rotatable bonds is 5. The van der Waals surface area contributed by atoms with Crippen LogP contribution < -0.4 is 4.74 Å². The van der Waals surface area contributed by atoms with Crippen molar-refractivity contribution in [2.75, 3.05) is 7.11 Å². The number of hydrogen-bond donors (Lipinski definition) is 0. The predicted octanol–water partition coefficient (Wildman–Crippen LogP) is 3.17. The zero-order chi connectivity index (χ0) is 11.3. The van der Waals surface area contributed by atoms with Gasteiger partial charge >= 0.3 is 0 Å². The number of ketones is 1. The van der Waals surface area contributed by atoms with Crippen molar-refractivity contribution in [2.45, 2.75) is 32.6 Å². The molecule has 82 valence electrons. The fourth-order valence-electron chi connectivity index (χ4n) is 1.73. The van der Waals surface area contributed by atoms with E-state index in [2.05, 4.69) is 0 Å². The van der Waals surface area contributed by atoms with Crippen LogP contribution in [0.25, 0.3) is 0 Å². The largest absolute Gasteiger partial charge is 0.497 e. The first-order valence-corrected chi connectivity index (χ1v) is 5.39. The Morgan fingerprint density at radius 1 is 1.27 bits per heavy atom. The summed E-state index contributed by atoms with van der Waals surface area (Å²) in [6.07, 6.45) is 1.46. The molecule has 0 radical (unpaired) electrons. The van der Waals surface area contributed by atoms with Gasteiger partial charge in [0.1, 0.15) is 11.5 Å². The van der Waals surface area contributed by atoms with Gasteiger partial charge in [0, 0.05) is 12.3 Å². The van der Waals surface area contributed by atoms with E-state index in [1.807, 2.05) is 38.1 Å². The smallest absolute Gasteiger partial charge is 0.140 e. The lowest BCUT2D eigenvalue weighted by Gasteiger charge is -2.13. The van der Waals surface area contributed by atoms with Crippen LogP contribution in [0.4, 0.5) is 0 Å². The minimum Gasteiger partial charge on any atom is -0.497 e. The number of methoxy groups -OCH3 is 1. The minimum absolute atomic E-state index is 0.0425. The van der Waals surface area contributed by atoms with Crippen molar-refractivity contribution in [3.05, 3.63) is 29.8 Å². The van der Waals surface area contributed by atoms with Crippen LogP contribution in [0.1, 0.15) is 38.2 Å². The maximum atomic E-state index is 11.7. The molecule has 0 aromatic heterocycles. The number of ether oxygens (including phenoxy) is 1. The lowest BCUT2D eigenvalue weighted by molar-refractivity contribution is -0.120. The number of Topliss-reactive ketones (excluding diaryl/α,β-unsaturated/α-hetero) is 1. The van der Waals surface area contributed by atoms with Gasteiger partial charge in [-0.3, -0.25) is 4.79 Å². The maximum absolute atomic E-state index is 11.7. The summed E-state index contributed by atoms with van der Waals surface area (Å²) in [6.45, 7) is 3.96. The molecule has 0 saturated carbocycles. The molecular weight excluding hydrogens is 188 g/mol. The van der Waals surface area contributed by atoms with Gasteiger partial charge < -0.3 is 4.74 Å². The highest BCUT2D eigenvalue weighted by Gasteiger charge is 2.16. The second kappa shape index (κ2) is 5.54. The van der Waals surface area contributed by atoms with Crippen LogP contribution in [0.15, 0.2) is 24.3 Å². The van der Waals surface area contributed by atoms with E-state index in [-0.39, 0.29) is 5.92 Å². The summed E-state index contributed by atoms with van der Waals surface area (Å²) in [5, 5.41) is 0. The lowest BCUT2D eigenvalue weighted by Crippen LogP contribution is -2.10. The molecule has 1 aromatic carbocycles. The van der Waals surface area contributed by atoms with E-state index in [1.54, 1.807) is 7.11 Å². The average Bonchev–Trinajstić information content (AvgIpc) is 2.30. The van der Waals surface area contributed by atoms with Gasteiger partial charge in [0.05, 0.1) is 7.11 Å². The Morgan fingerprint density at radius 2 is 1.87 bits per heavy atom. The molecule has 0 heterocycles. The molecule has 0 spiro atoms. The van der Waals surface area contributed by atoms with Crippen LogP contribution in [-0.4, -0.2) is 12.9 Å². The van der Waals surface area contributed by atoms with E-state index >= 15 is 0 Å². The summed E-state index contributed by atoms with van der Waals surface area (Å²) >= 11 is 0. The topological polar surface area (TPSA) is 26.3 Å². The van der Waals surface area contributed by atoms with Crippen LogP contribution in [-0.2, 0) is 4.79 Å². The van der Waals surface area contributed by atoms with Gasteiger partial charge in [0.25, 0.3) is 0 Å². The van der Waals surface area contributed by atoms with E-state index < -0.39 is 0 Å². The van der Waals surface area contributed by atoms with Gasteiger partial charge in [-0.25, -0.2) is 0 Å². The number of hydrogen-bond acceptors (Lipinski definition) is 2. The van der Waals surface area contributed by atoms with Crippen molar-refractivity contribution in [1.29, 1.82) is 0 Å². The minimum atomic E-state index is 0.0425. The van der Waals surface area contributed by atoms with Gasteiger partial charge in [0.2, 0.25) is 0 Å². The van der Waals surface area contributed by atoms with Crippen molar-refractivity contribution < 1.29 is 9.53 Å². The zero-order valence-electron chi connectivity index (χ0n) is 9.62. The van der Waals surface area contributed by atoms with Crippen molar-refractivity contribution in [3.8, 4) is 5.75 Å². The number of carbonyl (C=O) groups excluding carboxylic acids is 1. The monoisotopic (exact) mass is 206 g/mol. The van der Waals surface area contributed by atoms with Crippen LogP contribution in [0.5, 0.6) is 5.75 Å². The summed E-state index contributed by atoms with van der Waals surface area (Å²) in [6, 6.07) is 7.75. The molecule has 0 aliphatic carbocycles. The van der Waals surface area contributed by atoms with Gasteiger partial charge in [-0.15, -0.1) is 0 Å². The number of carbonyl (C=O) groups is 1. The zero-order valence-corrected chi connectivity index (χ0v) is 9.62. The Kier molecular flexibility index (Phi) is 4.35. The molecule has 0 aliphatic heterocycles. The SMILES string of the molecule is CCC(=O)[C@@H](CC)c1ccc(OC)cc1. The predicted molar refractivity (Wildman–Crippen MR) is 61.3 cm³/mol. The molecule has 15 heavy (non-hydrogen) atoms. The second-order valence-electron chi connectivity index (χ2n) is 3.55. The Labute approximate surface area is 91.3 Å². The summed E-state index contributed by atoms with van der Waals surface area (Å²) in [7, 11) is 1.64. The standard InChI is InChI=1S/C13H18O2/c1-4-12(13(14)5-2)10-6-8-11(15-3)9-7-10/h6-9,12H,4-5H2,1-3H3/t12-/m0/s1. The highest BCUT2D eigenvalue weighted by molar-refractivity contribution is 5.85. The lowest BCUT2D eigenvalue weighted by atomic mass is 9.91. The van der Waals surface area contributed by atoms with Crippen LogP contribution in [0.2, 0.25) is 0 Å². The summed E-state index contributed by atoms with van der Waals surface area (Å²) in [5.74, 6) is 1.18. The quantitative estimate of drug-likeness (QED) is 0.739. The molecule has 0 saturated heterocycles. The first kappa shape index (κ1) is 11.8. The van der Waals surface area contributed by atoms with E-state index in [9.17, 15) is 4.79 Å². The van der Waals surface area contributed by atoms with E-state index in [0.29, 0.717) is 12.2 Å². The molecule has 0 N–H and O–H groups in total. The van der Waals surface area contributed by atoms with Crippen LogP contribution in [0, 0.1) is 0 Å². The molecule has 0 unspecified atom stereocenters. The Hall–Kier alpha value is -1.31.